The number of rotatable bonds is 8. The highest BCUT2D eigenvalue weighted by atomic mass is 16.6. The van der Waals surface area contributed by atoms with Crippen molar-refractivity contribution in [3.05, 3.63) is 131 Å². The van der Waals surface area contributed by atoms with Crippen LogP contribution in [0.3, 0.4) is 0 Å². The van der Waals surface area contributed by atoms with Gasteiger partial charge < -0.3 is 9.47 Å². The maximum Gasteiger partial charge on any atom is 0.332 e. The monoisotopic (exact) mass is 614 g/mol. The highest BCUT2D eigenvalue weighted by molar-refractivity contribution is 5.92. The summed E-state index contributed by atoms with van der Waals surface area (Å²) in [7, 11) is 4.00. The molecular formula is C40H42N2O4. The number of carbonyl (C=O) groups is 2. The van der Waals surface area contributed by atoms with Crippen molar-refractivity contribution in [1.29, 1.82) is 0 Å². The Labute approximate surface area is 272 Å². The topological polar surface area (TPSA) is 59.1 Å². The molecule has 2 heterocycles. The highest BCUT2D eigenvalue weighted by Gasteiger charge is 2.37. The second-order valence-electron chi connectivity index (χ2n) is 12.3. The number of nitrogens with zero attached hydrogens (tertiary/aromatic N) is 2. The lowest BCUT2D eigenvalue weighted by atomic mass is 9.86. The first kappa shape index (κ1) is 31.5. The van der Waals surface area contributed by atoms with E-state index in [9.17, 15) is 9.59 Å². The van der Waals surface area contributed by atoms with Gasteiger partial charge >= 0.3 is 11.9 Å². The molecule has 6 rings (SSSR count). The van der Waals surface area contributed by atoms with Crippen LogP contribution in [0, 0.1) is 0 Å². The molecule has 6 nitrogen and oxygen atoms in total. The molecule has 0 aliphatic carbocycles. The van der Waals surface area contributed by atoms with E-state index in [1.165, 1.54) is 23.3 Å². The molecule has 2 aliphatic heterocycles. The molecule has 6 heteroatoms. The fraction of sp³-hybridized carbons (Fsp3) is 0.300. The van der Waals surface area contributed by atoms with Gasteiger partial charge in [-0.3, -0.25) is 9.80 Å². The molecule has 236 valence electrons. The average Bonchev–Trinajstić information content (AvgIpc) is 3.09. The van der Waals surface area contributed by atoms with Gasteiger partial charge in [-0.25, -0.2) is 9.59 Å². The molecule has 4 aromatic rings. The van der Waals surface area contributed by atoms with Gasteiger partial charge in [-0.1, -0.05) is 111 Å². The summed E-state index contributed by atoms with van der Waals surface area (Å²) in [5.41, 5.74) is 8.55. The van der Waals surface area contributed by atoms with Gasteiger partial charge in [-0.15, -0.1) is 0 Å². The Kier molecular flexibility index (Phi) is 9.48. The molecular weight excluding hydrogens is 572 g/mol. The van der Waals surface area contributed by atoms with Crippen LogP contribution >= 0.6 is 0 Å². The zero-order valence-electron chi connectivity index (χ0n) is 27.1. The fourth-order valence-electron chi connectivity index (χ4n) is 7.07. The lowest BCUT2D eigenvalue weighted by Crippen LogP contribution is -2.43. The van der Waals surface area contributed by atoms with Crippen molar-refractivity contribution in [3.8, 4) is 22.3 Å². The molecule has 0 fully saturated rings. The van der Waals surface area contributed by atoms with Gasteiger partial charge in [0.1, 0.15) is 0 Å². The van der Waals surface area contributed by atoms with Crippen LogP contribution in [0.15, 0.2) is 109 Å². The maximum absolute atomic E-state index is 13.4. The molecule has 4 aromatic carbocycles. The molecule has 46 heavy (non-hydrogen) atoms. The number of hydrogen-bond donors (Lipinski definition) is 0. The maximum atomic E-state index is 13.4. The minimum atomic E-state index is -0.590. The van der Waals surface area contributed by atoms with Crippen molar-refractivity contribution in [1.82, 2.24) is 9.80 Å². The first-order valence-corrected chi connectivity index (χ1v) is 16.3. The Bertz CT molecular complexity index is 1590. The lowest BCUT2D eigenvalue weighted by Gasteiger charge is -2.41. The summed E-state index contributed by atoms with van der Waals surface area (Å²) in [5, 5.41) is 0. The third kappa shape index (κ3) is 6.28. The van der Waals surface area contributed by atoms with Crippen molar-refractivity contribution in [2.75, 3.05) is 14.1 Å². The molecule has 4 atom stereocenters. The molecule has 0 spiro atoms. The molecule has 4 unspecified atom stereocenters. The SMILES string of the molecule is CCC1Cc2cccc(-c3ccccc3)c2C(OC(=O)/C=C\C(=O)OC2c3c(cccc3-c3ccccc3)CC(CC)N2C)N1C. The van der Waals surface area contributed by atoms with E-state index in [1.807, 2.05) is 50.5 Å². The van der Waals surface area contributed by atoms with Crippen molar-refractivity contribution in [2.24, 2.45) is 0 Å². The number of likely N-dealkylation sites (N-methyl/N-ethyl adjacent to an activating group) is 2. The molecule has 0 N–H and O–H groups in total. The second kappa shape index (κ2) is 13.9. The van der Waals surface area contributed by atoms with E-state index >= 15 is 0 Å². The van der Waals surface area contributed by atoms with Gasteiger partial charge in [0, 0.05) is 35.4 Å². The summed E-state index contributed by atoms with van der Waals surface area (Å²) in [6.45, 7) is 4.30. The van der Waals surface area contributed by atoms with Crippen LogP contribution in [0.5, 0.6) is 0 Å². The van der Waals surface area contributed by atoms with E-state index in [4.69, 9.17) is 9.47 Å². The summed E-state index contributed by atoms with van der Waals surface area (Å²) >= 11 is 0. The van der Waals surface area contributed by atoms with E-state index in [0.29, 0.717) is 0 Å². The number of ether oxygens (including phenoxy) is 2. The fourth-order valence-corrected chi connectivity index (χ4v) is 7.07. The normalized spacial score (nSPS) is 21.4. The number of esters is 2. The van der Waals surface area contributed by atoms with Crippen molar-refractivity contribution < 1.29 is 19.1 Å². The Hall–Kier alpha value is -4.52. The van der Waals surface area contributed by atoms with Crippen LogP contribution in [0.1, 0.15) is 61.4 Å². The number of fused-ring (bicyclic) bond motifs is 2. The van der Waals surface area contributed by atoms with Crippen molar-refractivity contribution in [3.63, 3.8) is 0 Å². The third-order valence-corrected chi connectivity index (χ3v) is 9.61. The standard InChI is InChI=1S/C40H42N2O4/c1-5-31-25-29-19-13-21-33(27-15-9-7-10-16-27)37(29)39(41(31)3)45-35(43)23-24-36(44)46-40-38-30(26-32(6-2)42(40)4)20-14-22-34(38)28-17-11-8-12-18-28/h7-24,31-32,39-40H,5-6,25-26H2,1-4H3/b24-23-. The first-order valence-electron chi connectivity index (χ1n) is 16.3. The molecule has 0 radical (unpaired) electrons. The minimum absolute atomic E-state index is 0.220. The molecule has 2 aliphatic rings. The minimum Gasteiger partial charge on any atom is -0.439 e. The second-order valence-corrected chi connectivity index (χ2v) is 12.3. The van der Waals surface area contributed by atoms with E-state index < -0.39 is 24.4 Å². The molecule has 0 bridgehead atoms. The predicted octanol–water partition coefficient (Wildman–Crippen LogP) is 7.89. The molecule has 0 saturated heterocycles. The van der Waals surface area contributed by atoms with Crippen LogP contribution in [-0.4, -0.2) is 47.9 Å². The zero-order valence-corrected chi connectivity index (χ0v) is 27.1. The predicted molar refractivity (Wildman–Crippen MR) is 182 cm³/mol. The van der Waals surface area contributed by atoms with Crippen LogP contribution in [0.2, 0.25) is 0 Å². The highest BCUT2D eigenvalue weighted by Crippen LogP contribution is 2.42. The van der Waals surface area contributed by atoms with E-state index in [2.05, 4.69) is 84.3 Å². The van der Waals surface area contributed by atoms with E-state index in [0.717, 1.165) is 59.1 Å². The van der Waals surface area contributed by atoms with Crippen molar-refractivity contribution >= 4 is 11.9 Å². The Morgan fingerprint density at radius 3 is 1.37 bits per heavy atom. The summed E-state index contributed by atoms with van der Waals surface area (Å²) in [5.74, 6) is -1.18. The lowest BCUT2D eigenvalue weighted by molar-refractivity contribution is -0.159. The summed E-state index contributed by atoms with van der Waals surface area (Å²) in [4.78, 5) is 31.0. The largest absolute Gasteiger partial charge is 0.439 e. The van der Waals surface area contributed by atoms with E-state index in [1.54, 1.807) is 0 Å². The molecule has 0 aromatic heterocycles. The van der Waals surface area contributed by atoms with Crippen LogP contribution in [0.4, 0.5) is 0 Å². The summed E-state index contributed by atoms with van der Waals surface area (Å²) in [6, 6.07) is 33.3. The van der Waals surface area contributed by atoms with E-state index in [-0.39, 0.29) is 12.1 Å². The quantitative estimate of drug-likeness (QED) is 0.149. The molecule has 0 amide bonds. The van der Waals surface area contributed by atoms with Gasteiger partial charge in [-0.05, 0) is 73.2 Å². The molecule has 0 saturated carbocycles. The average molecular weight is 615 g/mol. The van der Waals surface area contributed by atoms with Crippen molar-refractivity contribution in [2.45, 2.75) is 64.1 Å². The number of benzene rings is 4. The zero-order chi connectivity index (χ0) is 32.2. The summed E-state index contributed by atoms with van der Waals surface area (Å²) < 4.78 is 12.3. The number of carbonyl (C=O) groups excluding carboxylic acids is 2. The third-order valence-electron chi connectivity index (χ3n) is 9.61. The summed E-state index contributed by atoms with van der Waals surface area (Å²) in [6.07, 6.45) is 4.80. The Balaban J connectivity index is 1.25. The van der Waals surface area contributed by atoms with Gasteiger partial charge in [0.2, 0.25) is 0 Å². The van der Waals surface area contributed by atoms with Gasteiger partial charge in [-0.2, -0.15) is 0 Å². The first-order chi connectivity index (χ1) is 22.4. The smallest absolute Gasteiger partial charge is 0.332 e. The van der Waals surface area contributed by atoms with Crippen LogP contribution in [-0.2, 0) is 31.9 Å². The number of hydrogen-bond acceptors (Lipinski definition) is 6. The van der Waals surface area contributed by atoms with Crippen LogP contribution < -0.4 is 0 Å². The van der Waals surface area contributed by atoms with Gasteiger partial charge in [0.25, 0.3) is 0 Å². The van der Waals surface area contributed by atoms with Crippen LogP contribution in [0.25, 0.3) is 22.3 Å². The Morgan fingerprint density at radius 2 is 1.00 bits per heavy atom. The van der Waals surface area contributed by atoms with Gasteiger partial charge in [0.05, 0.1) is 0 Å². The van der Waals surface area contributed by atoms with Gasteiger partial charge in [0.15, 0.2) is 12.5 Å². The Morgan fingerprint density at radius 1 is 0.609 bits per heavy atom.